The number of carbonyl (C=O) groups excluding carboxylic acids is 1. The fourth-order valence-electron chi connectivity index (χ4n) is 3.32. The minimum absolute atomic E-state index is 0.118. The van der Waals surface area contributed by atoms with Crippen LogP contribution >= 0.6 is 11.6 Å². The van der Waals surface area contributed by atoms with E-state index in [1.165, 1.54) is 13.2 Å². The molecular weight excluding hydrogens is 420 g/mol. The van der Waals surface area contributed by atoms with Crippen molar-refractivity contribution in [2.45, 2.75) is 20.1 Å². The Hall–Kier alpha value is -3.58. The Labute approximate surface area is 182 Å². The van der Waals surface area contributed by atoms with Gasteiger partial charge in [0.2, 0.25) is 0 Å². The molecule has 0 spiro atoms. The summed E-state index contributed by atoms with van der Waals surface area (Å²) >= 11 is 6.43. The molecule has 2 heterocycles. The van der Waals surface area contributed by atoms with Gasteiger partial charge in [-0.05, 0) is 24.6 Å². The Kier molecular flexibility index (Phi) is 5.77. The summed E-state index contributed by atoms with van der Waals surface area (Å²) in [5, 5.41) is 5.22. The molecule has 0 amide bonds. The van der Waals surface area contributed by atoms with Gasteiger partial charge in [0.15, 0.2) is 0 Å². The quantitative estimate of drug-likeness (QED) is 0.328. The number of rotatable bonds is 6. The third-order valence-electron chi connectivity index (χ3n) is 4.84. The fraction of sp³-hybridized carbons (Fsp3) is 0.174. The summed E-state index contributed by atoms with van der Waals surface area (Å²) in [6.07, 6.45) is 0. The number of aromatic nitrogens is 2. The number of hydrogen-bond donors (Lipinski definition) is 0. The van der Waals surface area contributed by atoms with E-state index in [9.17, 15) is 9.59 Å². The minimum Gasteiger partial charge on any atom is -0.497 e. The predicted octanol–water partition coefficient (Wildman–Crippen LogP) is 4.37. The van der Waals surface area contributed by atoms with Crippen LogP contribution in [0, 0.1) is 6.92 Å². The molecule has 0 unspecified atom stereocenters. The summed E-state index contributed by atoms with van der Waals surface area (Å²) < 4.78 is 17.4. The molecule has 2 aromatic carbocycles. The second kappa shape index (κ2) is 8.65. The van der Waals surface area contributed by atoms with Gasteiger partial charge < -0.3 is 13.9 Å². The Balaban J connectivity index is 1.56. The van der Waals surface area contributed by atoms with E-state index in [0.29, 0.717) is 34.5 Å². The molecular formula is C23H19ClN2O5. The van der Waals surface area contributed by atoms with Crippen molar-refractivity contribution < 1.29 is 18.7 Å². The molecule has 0 aliphatic carbocycles. The van der Waals surface area contributed by atoms with Crippen molar-refractivity contribution >= 4 is 28.5 Å². The van der Waals surface area contributed by atoms with Crippen LogP contribution < -0.4 is 10.4 Å². The first-order valence-electron chi connectivity index (χ1n) is 9.51. The van der Waals surface area contributed by atoms with E-state index in [-0.39, 0.29) is 17.3 Å². The third-order valence-corrected chi connectivity index (χ3v) is 5.22. The fourth-order valence-corrected chi connectivity index (χ4v) is 3.63. The van der Waals surface area contributed by atoms with Gasteiger partial charge >= 0.3 is 11.6 Å². The Morgan fingerprint density at radius 1 is 1.16 bits per heavy atom. The van der Waals surface area contributed by atoms with Crippen molar-refractivity contribution in [2.75, 3.05) is 7.11 Å². The number of benzene rings is 2. The second-order valence-corrected chi connectivity index (χ2v) is 7.28. The number of ether oxygens (including phenoxy) is 2. The van der Waals surface area contributed by atoms with Crippen molar-refractivity contribution in [2.24, 2.45) is 0 Å². The van der Waals surface area contributed by atoms with Crippen molar-refractivity contribution in [3.63, 3.8) is 0 Å². The molecule has 8 heteroatoms. The van der Waals surface area contributed by atoms with E-state index in [0.717, 1.165) is 5.56 Å². The van der Waals surface area contributed by atoms with Gasteiger partial charge in [0.1, 0.15) is 28.7 Å². The number of methoxy groups -OCH3 is 1. The Bertz CT molecular complexity index is 1310. The van der Waals surface area contributed by atoms with Crippen molar-refractivity contribution in [3.05, 3.63) is 92.6 Å². The van der Waals surface area contributed by atoms with Gasteiger partial charge in [-0.2, -0.15) is 5.10 Å². The summed E-state index contributed by atoms with van der Waals surface area (Å²) in [4.78, 5) is 24.7. The predicted molar refractivity (Wildman–Crippen MR) is 116 cm³/mol. The average molecular weight is 439 g/mol. The molecule has 4 rings (SSSR count). The normalized spacial score (nSPS) is 10.9. The first kappa shape index (κ1) is 20.7. The molecule has 0 bridgehead atoms. The smallest absolute Gasteiger partial charge is 0.343 e. The number of esters is 1. The lowest BCUT2D eigenvalue weighted by atomic mass is 10.1. The van der Waals surface area contributed by atoms with Gasteiger partial charge in [0, 0.05) is 23.1 Å². The van der Waals surface area contributed by atoms with E-state index in [2.05, 4.69) is 5.10 Å². The van der Waals surface area contributed by atoms with Crippen molar-refractivity contribution in [1.82, 2.24) is 9.78 Å². The topological polar surface area (TPSA) is 83.6 Å². The maximum Gasteiger partial charge on any atom is 0.343 e. The SMILES string of the molecule is COc1ccc2c(COC(=O)c3c(C)nn(Cc4ccccc4)c3Cl)cc(=O)oc2c1. The highest BCUT2D eigenvalue weighted by Crippen LogP contribution is 2.25. The largest absolute Gasteiger partial charge is 0.497 e. The zero-order valence-electron chi connectivity index (χ0n) is 16.9. The lowest BCUT2D eigenvalue weighted by molar-refractivity contribution is 0.0473. The summed E-state index contributed by atoms with van der Waals surface area (Å²) in [5.74, 6) is -0.0604. The Morgan fingerprint density at radius 2 is 1.94 bits per heavy atom. The number of carbonyl (C=O) groups is 1. The molecule has 158 valence electrons. The van der Waals surface area contributed by atoms with E-state index in [4.69, 9.17) is 25.5 Å². The first-order valence-corrected chi connectivity index (χ1v) is 9.89. The number of aryl methyl sites for hydroxylation is 1. The van der Waals surface area contributed by atoms with Crippen LogP contribution in [0.15, 0.2) is 63.8 Å². The lowest BCUT2D eigenvalue weighted by Crippen LogP contribution is -2.09. The van der Waals surface area contributed by atoms with Crippen LogP contribution in [0.3, 0.4) is 0 Å². The summed E-state index contributed by atoms with van der Waals surface area (Å²) in [7, 11) is 1.52. The van der Waals surface area contributed by atoms with Crippen LogP contribution in [-0.4, -0.2) is 22.9 Å². The van der Waals surface area contributed by atoms with Crippen LogP contribution in [0.1, 0.15) is 27.2 Å². The summed E-state index contributed by atoms with van der Waals surface area (Å²) in [5.41, 5.74) is 2.00. The van der Waals surface area contributed by atoms with Gasteiger partial charge in [-0.1, -0.05) is 41.9 Å². The van der Waals surface area contributed by atoms with Gasteiger partial charge in [-0.3, -0.25) is 0 Å². The molecule has 0 saturated carbocycles. The van der Waals surface area contributed by atoms with Crippen LogP contribution in [0.4, 0.5) is 0 Å². The molecule has 0 saturated heterocycles. The van der Waals surface area contributed by atoms with E-state index < -0.39 is 11.6 Å². The minimum atomic E-state index is -0.614. The summed E-state index contributed by atoms with van der Waals surface area (Å²) in [6, 6.07) is 16.1. The first-order chi connectivity index (χ1) is 15.0. The average Bonchev–Trinajstić information content (AvgIpc) is 3.04. The van der Waals surface area contributed by atoms with Gasteiger partial charge in [-0.15, -0.1) is 0 Å². The number of halogens is 1. The number of nitrogens with zero attached hydrogens (tertiary/aromatic N) is 2. The molecule has 0 fully saturated rings. The van der Waals surface area contributed by atoms with Gasteiger partial charge in [0.25, 0.3) is 0 Å². The third kappa shape index (κ3) is 4.32. The van der Waals surface area contributed by atoms with E-state index in [1.54, 1.807) is 29.8 Å². The maximum atomic E-state index is 12.8. The molecule has 2 aromatic heterocycles. The molecule has 0 atom stereocenters. The molecule has 7 nitrogen and oxygen atoms in total. The van der Waals surface area contributed by atoms with E-state index in [1.807, 2.05) is 30.3 Å². The number of fused-ring (bicyclic) bond motifs is 1. The summed E-state index contributed by atoms with van der Waals surface area (Å²) in [6.45, 7) is 2.01. The number of hydrogen-bond acceptors (Lipinski definition) is 6. The lowest BCUT2D eigenvalue weighted by Gasteiger charge is -2.08. The molecule has 0 aliphatic heterocycles. The monoisotopic (exact) mass is 438 g/mol. The zero-order valence-corrected chi connectivity index (χ0v) is 17.7. The maximum absolute atomic E-state index is 12.8. The van der Waals surface area contributed by atoms with Gasteiger partial charge in [0.05, 0.1) is 19.3 Å². The molecule has 0 aliphatic rings. The van der Waals surface area contributed by atoms with Crippen LogP contribution in [0.25, 0.3) is 11.0 Å². The van der Waals surface area contributed by atoms with Gasteiger partial charge in [-0.25, -0.2) is 14.3 Å². The van der Waals surface area contributed by atoms with Crippen LogP contribution in [-0.2, 0) is 17.9 Å². The molecule has 0 radical (unpaired) electrons. The molecule has 4 aromatic rings. The highest BCUT2D eigenvalue weighted by Gasteiger charge is 2.22. The molecule has 31 heavy (non-hydrogen) atoms. The molecule has 0 N–H and O–H groups in total. The van der Waals surface area contributed by atoms with E-state index >= 15 is 0 Å². The van der Waals surface area contributed by atoms with Crippen molar-refractivity contribution in [3.8, 4) is 5.75 Å². The highest BCUT2D eigenvalue weighted by molar-refractivity contribution is 6.32. The second-order valence-electron chi connectivity index (χ2n) is 6.92. The Morgan fingerprint density at radius 3 is 2.68 bits per heavy atom. The highest BCUT2D eigenvalue weighted by atomic mass is 35.5. The zero-order chi connectivity index (χ0) is 22.0. The van der Waals surface area contributed by atoms with Crippen LogP contribution in [0.5, 0.6) is 5.75 Å². The standard InChI is InChI=1S/C23H19ClN2O5/c1-14-21(22(24)26(25-14)12-15-6-4-3-5-7-15)23(28)30-13-16-10-20(27)31-19-11-17(29-2)8-9-18(16)19/h3-11H,12-13H2,1-2H3. The van der Waals surface area contributed by atoms with Crippen LogP contribution in [0.2, 0.25) is 5.15 Å². The van der Waals surface area contributed by atoms with Crippen molar-refractivity contribution in [1.29, 1.82) is 0 Å².